The molecule has 1 amide bonds. The Labute approximate surface area is 176 Å². The quantitative estimate of drug-likeness (QED) is 0.258. The number of nitriles is 1. The Hall–Kier alpha value is -4.27. The molecule has 3 rings (SSSR count). The normalized spacial score (nSPS) is 11.5. The van der Waals surface area contributed by atoms with Crippen molar-refractivity contribution in [2.75, 3.05) is 5.32 Å². The number of carbonyl (C=O) groups is 1. The summed E-state index contributed by atoms with van der Waals surface area (Å²) in [7, 11) is -3.86. The number of primary sulfonamides is 1. The monoisotopic (exact) mass is 438 g/mol. The van der Waals surface area contributed by atoms with E-state index in [4.69, 9.17) is 9.56 Å². The standard InChI is InChI=1S/C20H14N4O6S/c21-12-14(20(25)23-15-3-8-18(9-4-15)31(22,28)29)11-17-7-10-19(30-17)13-1-5-16(6-2-13)24(26)27/h1-11H,(H,23,25)(H2,22,28,29)/b14-11+. The minimum absolute atomic E-state index is 0.0593. The van der Waals surface area contributed by atoms with Crippen molar-refractivity contribution in [3.05, 3.63) is 82.1 Å². The molecule has 3 aromatic rings. The Morgan fingerprint density at radius 1 is 1.10 bits per heavy atom. The third-order valence-corrected chi connectivity index (χ3v) is 5.01. The number of sulfonamides is 1. The molecule has 0 saturated heterocycles. The van der Waals surface area contributed by atoms with Gasteiger partial charge >= 0.3 is 0 Å². The summed E-state index contributed by atoms with van der Waals surface area (Å²) < 4.78 is 28.1. The number of nitro groups is 1. The number of hydrogen-bond acceptors (Lipinski definition) is 7. The van der Waals surface area contributed by atoms with Crippen LogP contribution in [0.3, 0.4) is 0 Å². The number of hydrogen-bond donors (Lipinski definition) is 2. The lowest BCUT2D eigenvalue weighted by molar-refractivity contribution is -0.384. The van der Waals surface area contributed by atoms with E-state index in [1.165, 1.54) is 54.6 Å². The molecule has 10 nitrogen and oxygen atoms in total. The number of nitro benzene ring substituents is 1. The van der Waals surface area contributed by atoms with E-state index in [1.54, 1.807) is 18.2 Å². The van der Waals surface area contributed by atoms with Crippen molar-refractivity contribution in [1.29, 1.82) is 5.26 Å². The SMILES string of the molecule is N#C/C(=C\c1ccc(-c2ccc([N+](=O)[O-])cc2)o1)C(=O)Nc1ccc(S(N)(=O)=O)cc1. The zero-order valence-corrected chi connectivity index (χ0v) is 16.5. The first-order valence-electron chi connectivity index (χ1n) is 8.58. The molecule has 0 radical (unpaired) electrons. The third kappa shape index (κ3) is 5.21. The van der Waals surface area contributed by atoms with E-state index >= 15 is 0 Å². The molecule has 31 heavy (non-hydrogen) atoms. The Bertz CT molecular complexity index is 1320. The number of nitrogens with zero attached hydrogens (tertiary/aromatic N) is 2. The van der Waals surface area contributed by atoms with Gasteiger partial charge in [0.2, 0.25) is 10.0 Å². The summed E-state index contributed by atoms with van der Waals surface area (Å²) in [4.78, 5) is 22.5. The highest BCUT2D eigenvalue weighted by atomic mass is 32.2. The minimum Gasteiger partial charge on any atom is -0.457 e. The third-order valence-electron chi connectivity index (χ3n) is 4.08. The fourth-order valence-electron chi connectivity index (χ4n) is 2.55. The number of nitrogens with one attached hydrogen (secondary N) is 1. The number of benzene rings is 2. The van der Waals surface area contributed by atoms with Gasteiger partial charge in [-0.3, -0.25) is 14.9 Å². The van der Waals surface area contributed by atoms with Gasteiger partial charge < -0.3 is 9.73 Å². The molecule has 1 heterocycles. The first-order chi connectivity index (χ1) is 14.7. The number of rotatable bonds is 6. The summed E-state index contributed by atoms with van der Waals surface area (Å²) in [6.07, 6.45) is 1.24. The first kappa shape index (κ1) is 21.4. The molecule has 0 atom stereocenters. The average molecular weight is 438 g/mol. The number of anilines is 1. The molecular formula is C20H14N4O6S. The zero-order valence-electron chi connectivity index (χ0n) is 15.7. The highest BCUT2D eigenvalue weighted by Gasteiger charge is 2.13. The molecule has 0 aliphatic rings. The summed E-state index contributed by atoms with van der Waals surface area (Å²) in [6.45, 7) is 0. The lowest BCUT2D eigenvalue weighted by Crippen LogP contribution is -2.14. The van der Waals surface area contributed by atoms with E-state index in [1.807, 2.05) is 0 Å². The molecule has 0 bridgehead atoms. The van der Waals surface area contributed by atoms with Crippen LogP contribution in [-0.4, -0.2) is 19.2 Å². The second kappa shape index (κ2) is 8.62. The Morgan fingerprint density at radius 3 is 2.29 bits per heavy atom. The summed E-state index contributed by atoms with van der Waals surface area (Å²) in [5, 5.41) is 27.5. The molecule has 0 saturated carbocycles. The molecule has 0 spiro atoms. The van der Waals surface area contributed by atoms with Gasteiger partial charge in [0.25, 0.3) is 11.6 Å². The van der Waals surface area contributed by atoms with Crippen LogP contribution in [0.2, 0.25) is 0 Å². The van der Waals surface area contributed by atoms with Crippen molar-refractivity contribution in [3.63, 3.8) is 0 Å². The van der Waals surface area contributed by atoms with Crippen LogP contribution in [0.15, 0.2) is 75.5 Å². The van der Waals surface area contributed by atoms with E-state index in [0.29, 0.717) is 11.3 Å². The van der Waals surface area contributed by atoms with Gasteiger partial charge in [-0.25, -0.2) is 13.6 Å². The molecule has 0 aliphatic carbocycles. The largest absolute Gasteiger partial charge is 0.457 e. The van der Waals surface area contributed by atoms with E-state index < -0.39 is 20.9 Å². The number of furan rings is 1. The van der Waals surface area contributed by atoms with Crippen molar-refractivity contribution in [1.82, 2.24) is 0 Å². The Kier molecular flexibility index (Phi) is 5.96. The predicted molar refractivity (Wildman–Crippen MR) is 111 cm³/mol. The maximum atomic E-state index is 12.4. The first-order valence-corrected chi connectivity index (χ1v) is 10.1. The van der Waals surface area contributed by atoms with Crippen molar-refractivity contribution in [2.45, 2.75) is 4.90 Å². The van der Waals surface area contributed by atoms with Crippen LogP contribution >= 0.6 is 0 Å². The summed E-state index contributed by atoms with van der Waals surface area (Å²) in [5.74, 6) is -0.0961. The molecule has 156 valence electrons. The summed E-state index contributed by atoms with van der Waals surface area (Å²) >= 11 is 0. The van der Waals surface area contributed by atoms with Gasteiger partial charge in [0.05, 0.1) is 9.82 Å². The van der Waals surface area contributed by atoms with Gasteiger partial charge in [0.15, 0.2) is 0 Å². The number of nitrogens with two attached hydrogens (primary N) is 1. The van der Waals surface area contributed by atoms with E-state index in [2.05, 4.69) is 5.32 Å². The van der Waals surface area contributed by atoms with Crippen LogP contribution < -0.4 is 10.5 Å². The van der Waals surface area contributed by atoms with Crippen molar-refractivity contribution in [2.24, 2.45) is 5.14 Å². The van der Waals surface area contributed by atoms with Gasteiger partial charge in [-0.1, -0.05) is 0 Å². The highest BCUT2D eigenvalue weighted by Crippen LogP contribution is 2.25. The van der Waals surface area contributed by atoms with Gasteiger partial charge in [-0.2, -0.15) is 5.26 Å². The lowest BCUT2D eigenvalue weighted by Gasteiger charge is -2.05. The molecule has 0 aliphatic heterocycles. The second-order valence-corrected chi connectivity index (χ2v) is 7.76. The van der Waals surface area contributed by atoms with Crippen molar-refractivity contribution < 1.29 is 22.6 Å². The summed E-state index contributed by atoms with van der Waals surface area (Å²) in [6, 6.07) is 15.8. The van der Waals surface area contributed by atoms with Crippen LogP contribution in [0, 0.1) is 21.4 Å². The van der Waals surface area contributed by atoms with Gasteiger partial charge in [-0.05, 0) is 48.5 Å². The fraction of sp³-hybridized carbons (Fsp3) is 0. The predicted octanol–water partition coefficient (Wildman–Crippen LogP) is 3.05. The average Bonchev–Trinajstić information content (AvgIpc) is 3.20. The minimum atomic E-state index is -3.86. The second-order valence-electron chi connectivity index (χ2n) is 6.20. The highest BCUT2D eigenvalue weighted by molar-refractivity contribution is 7.89. The Morgan fingerprint density at radius 2 is 1.74 bits per heavy atom. The summed E-state index contributed by atoms with van der Waals surface area (Å²) in [5.41, 5.74) is 0.545. The molecule has 0 unspecified atom stereocenters. The van der Waals surface area contributed by atoms with Gasteiger partial charge in [0, 0.05) is 29.5 Å². The van der Waals surface area contributed by atoms with Crippen LogP contribution in [0.5, 0.6) is 0 Å². The van der Waals surface area contributed by atoms with E-state index in [-0.39, 0.29) is 27.6 Å². The molecule has 3 N–H and O–H groups in total. The topological polar surface area (TPSA) is 169 Å². The van der Waals surface area contributed by atoms with Gasteiger partial charge in [-0.15, -0.1) is 0 Å². The molecule has 0 fully saturated rings. The van der Waals surface area contributed by atoms with Crippen molar-refractivity contribution >= 4 is 33.4 Å². The molecule has 11 heteroatoms. The number of carbonyl (C=O) groups excluding carboxylic acids is 1. The molecule has 1 aromatic heterocycles. The lowest BCUT2D eigenvalue weighted by atomic mass is 10.1. The van der Waals surface area contributed by atoms with Crippen LogP contribution in [0.25, 0.3) is 17.4 Å². The molecular weight excluding hydrogens is 424 g/mol. The maximum absolute atomic E-state index is 12.4. The maximum Gasteiger partial charge on any atom is 0.269 e. The van der Waals surface area contributed by atoms with Crippen LogP contribution in [0.1, 0.15) is 5.76 Å². The zero-order chi connectivity index (χ0) is 22.6. The van der Waals surface area contributed by atoms with Crippen molar-refractivity contribution in [3.8, 4) is 17.4 Å². The Balaban J connectivity index is 1.76. The van der Waals surface area contributed by atoms with E-state index in [9.17, 15) is 28.6 Å². The molecule has 2 aromatic carbocycles. The van der Waals surface area contributed by atoms with Crippen LogP contribution in [-0.2, 0) is 14.8 Å². The number of amides is 1. The smallest absolute Gasteiger partial charge is 0.269 e. The number of non-ortho nitro benzene ring substituents is 1. The fourth-order valence-corrected chi connectivity index (χ4v) is 3.07. The van der Waals surface area contributed by atoms with E-state index in [0.717, 1.165) is 0 Å². The van der Waals surface area contributed by atoms with Gasteiger partial charge in [0.1, 0.15) is 23.2 Å². The van der Waals surface area contributed by atoms with Crippen LogP contribution in [0.4, 0.5) is 11.4 Å².